The van der Waals surface area contributed by atoms with Crippen molar-refractivity contribution in [2.75, 3.05) is 12.3 Å². The lowest BCUT2D eigenvalue weighted by molar-refractivity contribution is -0.128. The predicted octanol–water partition coefficient (Wildman–Crippen LogP) is 5.52. The van der Waals surface area contributed by atoms with E-state index in [4.69, 9.17) is 0 Å². The van der Waals surface area contributed by atoms with Crippen LogP contribution in [0.2, 0.25) is 0 Å². The smallest absolute Gasteiger partial charge is 0.224 e. The van der Waals surface area contributed by atoms with E-state index < -0.39 is 45.6 Å². The highest BCUT2D eigenvalue weighted by atomic mass is 32.2. The number of rotatable bonds is 15. The van der Waals surface area contributed by atoms with Gasteiger partial charge in [0.25, 0.3) is 0 Å². The minimum atomic E-state index is -1.23. The van der Waals surface area contributed by atoms with Gasteiger partial charge in [-0.25, -0.2) is 0 Å². The molecular weight excluding hydrogens is 572 g/mol. The Morgan fingerprint density at radius 3 is 2.25 bits per heavy atom. The lowest BCUT2D eigenvalue weighted by Crippen LogP contribution is -2.52. The minimum Gasteiger partial charge on any atom is -0.390 e. The molecule has 246 valence electrons. The molecule has 0 heterocycles. The van der Waals surface area contributed by atoms with E-state index in [9.17, 15) is 24.0 Å². The monoisotopic (exact) mass is 628 g/mol. The molecule has 0 bridgehead atoms. The van der Waals surface area contributed by atoms with Crippen molar-refractivity contribution in [1.29, 1.82) is 0 Å². The van der Waals surface area contributed by atoms with E-state index in [1.54, 1.807) is 6.92 Å². The first-order chi connectivity index (χ1) is 20.7. The van der Waals surface area contributed by atoms with Crippen LogP contribution in [0.1, 0.15) is 92.1 Å². The number of carbonyl (C=O) groups is 2. The highest BCUT2D eigenvalue weighted by Gasteiger charge is 2.33. The maximum atomic E-state index is 13.5. The highest BCUT2D eigenvalue weighted by Crippen LogP contribution is 2.29. The summed E-state index contributed by atoms with van der Waals surface area (Å²) in [5.41, 5.74) is 1.00. The van der Waals surface area contributed by atoms with Gasteiger partial charge in [0, 0.05) is 27.8 Å². The van der Waals surface area contributed by atoms with E-state index in [-0.39, 0.29) is 30.0 Å². The number of fused-ring (bicyclic) bond motifs is 1. The third-order valence-electron chi connectivity index (χ3n) is 8.89. The summed E-state index contributed by atoms with van der Waals surface area (Å²) >= 11 is 0. The van der Waals surface area contributed by atoms with Gasteiger partial charge < -0.3 is 20.8 Å². The Morgan fingerprint density at radius 2 is 1.61 bits per heavy atom. The Morgan fingerprint density at radius 1 is 0.955 bits per heavy atom. The molecule has 4 N–H and O–H groups in total. The first-order valence-electron chi connectivity index (χ1n) is 16.5. The summed E-state index contributed by atoms with van der Waals surface area (Å²) < 4.78 is 12.7. The highest BCUT2D eigenvalue weighted by molar-refractivity contribution is 7.86. The van der Waals surface area contributed by atoms with Gasteiger partial charge in [0.2, 0.25) is 11.8 Å². The van der Waals surface area contributed by atoms with Gasteiger partial charge in [-0.1, -0.05) is 95.3 Å². The lowest BCUT2D eigenvalue weighted by atomic mass is 9.82. The number of aliphatic hydroxyl groups excluding tert-OH is 2. The van der Waals surface area contributed by atoms with Crippen molar-refractivity contribution in [3.8, 4) is 0 Å². The van der Waals surface area contributed by atoms with Gasteiger partial charge in [-0.15, -0.1) is 0 Å². The van der Waals surface area contributed by atoms with Crippen LogP contribution in [0.3, 0.4) is 0 Å². The molecule has 3 rings (SSSR count). The summed E-state index contributed by atoms with van der Waals surface area (Å²) in [5, 5.41) is 30.0. The summed E-state index contributed by atoms with van der Waals surface area (Å²) in [5.74, 6) is -0.686. The molecule has 0 aliphatic heterocycles. The van der Waals surface area contributed by atoms with Crippen molar-refractivity contribution in [2.24, 2.45) is 23.7 Å². The molecule has 1 saturated carbocycles. The van der Waals surface area contributed by atoms with Gasteiger partial charge in [0.05, 0.1) is 24.0 Å². The molecule has 1 aliphatic rings. The number of aliphatic hydroxyl groups is 2. The standard InChI is InChI=1S/C36H56N2O5S/c1-24(2)18-32(39)33(40)31(21-26-12-8-7-9-13-26)38-34(41)25(3)22-37-35(42)30(23-44(43)36(4,5)6)20-27-16-17-28-14-10-11-15-29(28)19-27/h10-11,14-17,19,24-26,30-33,39-40H,7-9,12-13,18,20-23H2,1-6H3,(H,37,42)(H,38,41)/t25-,30-,31+,32+,33-,44?/m1/s1. The van der Waals surface area contributed by atoms with Crippen LogP contribution in [-0.4, -0.2) is 61.5 Å². The van der Waals surface area contributed by atoms with Crippen molar-refractivity contribution in [3.63, 3.8) is 0 Å². The zero-order valence-electron chi connectivity index (χ0n) is 27.7. The van der Waals surface area contributed by atoms with Crippen LogP contribution in [0, 0.1) is 23.7 Å². The van der Waals surface area contributed by atoms with Crippen molar-refractivity contribution < 1.29 is 24.0 Å². The first kappa shape index (κ1) is 36.2. The first-order valence-corrected chi connectivity index (χ1v) is 17.9. The summed E-state index contributed by atoms with van der Waals surface area (Å²) in [6, 6.07) is 13.7. The largest absolute Gasteiger partial charge is 0.390 e. The molecule has 2 amide bonds. The summed E-state index contributed by atoms with van der Waals surface area (Å²) in [7, 11) is -1.23. The van der Waals surface area contributed by atoms with Crippen molar-refractivity contribution in [2.45, 2.75) is 116 Å². The van der Waals surface area contributed by atoms with Gasteiger partial charge >= 0.3 is 0 Å². The number of nitrogens with one attached hydrogen (secondary N) is 2. The molecule has 2 aromatic rings. The van der Waals surface area contributed by atoms with Crippen molar-refractivity contribution in [3.05, 3.63) is 48.0 Å². The Hall–Kier alpha value is -2.29. The molecule has 0 spiro atoms. The number of amides is 2. The molecule has 6 atom stereocenters. The van der Waals surface area contributed by atoms with Crippen molar-refractivity contribution >= 4 is 33.4 Å². The van der Waals surface area contributed by atoms with E-state index in [1.807, 2.05) is 71.0 Å². The zero-order valence-corrected chi connectivity index (χ0v) is 28.5. The van der Waals surface area contributed by atoms with Gasteiger partial charge in [0.15, 0.2) is 0 Å². The van der Waals surface area contributed by atoms with Crippen molar-refractivity contribution in [1.82, 2.24) is 10.6 Å². The second-order valence-corrected chi connectivity index (χ2v) is 16.6. The minimum absolute atomic E-state index is 0.127. The molecule has 0 saturated heterocycles. The van der Waals surface area contributed by atoms with Gasteiger partial charge in [-0.3, -0.25) is 13.8 Å². The topological polar surface area (TPSA) is 116 Å². The normalized spacial score (nSPS) is 18.8. The summed E-state index contributed by atoms with van der Waals surface area (Å²) in [4.78, 5) is 26.9. The molecule has 1 fully saturated rings. The van der Waals surface area contributed by atoms with Crippen LogP contribution in [0.5, 0.6) is 0 Å². The van der Waals surface area contributed by atoms with E-state index in [0.29, 0.717) is 25.2 Å². The molecule has 0 aromatic heterocycles. The van der Waals surface area contributed by atoms with Crippen LogP contribution in [0.4, 0.5) is 0 Å². The Kier molecular flexibility index (Phi) is 13.9. The Balaban J connectivity index is 1.67. The number of carbonyl (C=O) groups excluding carboxylic acids is 2. The fraction of sp³-hybridized carbons (Fsp3) is 0.667. The summed E-state index contributed by atoms with van der Waals surface area (Å²) in [6.45, 7) is 11.6. The maximum Gasteiger partial charge on any atom is 0.224 e. The van der Waals surface area contributed by atoms with Crippen LogP contribution in [0.25, 0.3) is 10.8 Å². The quantitative estimate of drug-likeness (QED) is 0.207. The zero-order chi connectivity index (χ0) is 32.4. The van der Waals surface area contributed by atoms with Crippen LogP contribution < -0.4 is 10.6 Å². The SMILES string of the molecule is CC(C)C[C@H](O)[C@H](O)[C@H](CC1CCCCC1)NC(=O)[C@H](C)CNC(=O)[C@H](Cc1ccc2ccccc2c1)CS(=O)C(C)(C)C. The average molecular weight is 629 g/mol. The van der Waals surface area contributed by atoms with Crippen LogP contribution in [-0.2, 0) is 26.8 Å². The predicted molar refractivity (Wildman–Crippen MR) is 181 cm³/mol. The van der Waals surface area contributed by atoms with Crippen LogP contribution >= 0.6 is 0 Å². The number of hydrogen-bond donors (Lipinski definition) is 4. The fourth-order valence-corrected chi connectivity index (χ4v) is 7.22. The third kappa shape index (κ3) is 11.3. The molecule has 1 aliphatic carbocycles. The molecule has 1 unspecified atom stereocenters. The van der Waals surface area contributed by atoms with E-state index >= 15 is 0 Å². The molecule has 2 aromatic carbocycles. The third-order valence-corrected chi connectivity index (χ3v) is 11.0. The van der Waals surface area contributed by atoms with Crippen LogP contribution in [0.15, 0.2) is 42.5 Å². The second-order valence-electron chi connectivity index (χ2n) is 14.4. The summed E-state index contributed by atoms with van der Waals surface area (Å²) in [6.07, 6.45) is 5.22. The second kappa shape index (κ2) is 16.9. The van der Waals surface area contributed by atoms with E-state index in [2.05, 4.69) is 16.7 Å². The Bertz CT molecular complexity index is 1240. The van der Waals surface area contributed by atoms with Gasteiger partial charge in [-0.05, 0) is 68.2 Å². The van der Waals surface area contributed by atoms with Gasteiger partial charge in [0.1, 0.15) is 6.10 Å². The molecule has 7 nitrogen and oxygen atoms in total. The van der Waals surface area contributed by atoms with Gasteiger partial charge in [-0.2, -0.15) is 0 Å². The molecule has 8 heteroatoms. The maximum absolute atomic E-state index is 13.5. The fourth-order valence-electron chi connectivity index (χ4n) is 6.08. The molecule has 0 radical (unpaired) electrons. The number of benzene rings is 2. The Labute approximate surface area is 267 Å². The van der Waals surface area contributed by atoms with E-state index in [0.717, 1.165) is 42.0 Å². The molecule has 44 heavy (non-hydrogen) atoms. The number of hydrogen-bond acceptors (Lipinski definition) is 5. The molecular formula is C36H56N2O5S. The lowest BCUT2D eigenvalue weighted by Gasteiger charge is -2.33. The average Bonchev–Trinajstić information content (AvgIpc) is 2.98. The van der Waals surface area contributed by atoms with E-state index in [1.165, 1.54) is 6.42 Å².